The highest BCUT2D eigenvalue weighted by atomic mass is 35.5. The molecule has 2 heterocycles. The highest BCUT2D eigenvalue weighted by Crippen LogP contribution is 2.33. The van der Waals surface area contributed by atoms with Gasteiger partial charge in [-0.05, 0) is 42.8 Å². The van der Waals surface area contributed by atoms with Gasteiger partial charge in [-0.1, -0.05) is 41.4 Å². The maximum absolute atomic E-state index is 6.24. The molecule has 6 heteroatoms. The first kappa shape index (κ1) is 14.8. The third-order valence-corrected chi connectivity index (χ3v) is 4.22. The third-order valence-electron chi connectivity index (χ3n) is 4.00. The van der Waals surface area contributed by atoms with E-state index in [2.05, 4.69) is 51.8 Å². The molecule has 24 heavy (non-hydrogen) atoms. The standard InChI is InChI=1S/C18H14ClN5/c1-10-3-5-12(6-4-10)16-9-15(18-21-23-24-22-18)14-8-13(19)7-11(2)17(14)20-16/h3-9H,1-2H3,(H,21,22,23,24). The molecule has 4 aromatic rings. The normalized spacial score (nSPS) is 11.1. The average molecular weight is 336 g/mol. The van der Waals surface area contributed by atoms with Crippen LogP contribution in [-0.4, -0.2) is 25.6 Å². The molecule has 5 nitrogen and oxygen atoms in total. The second kappa shape index (κ2) is 5.69. The Morgan fingerprint density at radius 1 is 1.00 bits per heavy atom. The van der Waals surface area contributed by atoms with Crippen molar-refractivity contribution < 1.29 is 0 Å². The SMILES string of the molecule is Cc1ccc(-c2cc(-c3nn[nH]n3)c3cc(Cl)cc(C)c3n2)cc1. The van der Waals surface area contributed by atoms with E-state index in [-0.39, 0.29) is 0 Å². The Balaban J connectivity index is 2.05. The number of H-pyrrole nitrogens is 1. The highest BCUT2D eigenvalue weighted by Gasteiger charge is 2.14. The molecule has 0 radical (unpaired) electrons. The molecule has 0 aliphatic carbocycles. The fourth-order valence-electron chi connectivity index (χ4n) is 2.79. The van der Waals surface area contributed by atoms with Gasteiger partial charge in [-0.25, -0.2) is 4.98 Å². The van der Waals surface area contributed by atoms with E-state index in [9.17, 15) is 0 Å². The molecule has 0 atom stereocenters. The quantitative estimate of drug-likeness (QED) is 0.591. The summed E-state index contributed by atoms with van der Waals surface area (Å²) in [7, 11) is 0. The lowest BCUT2D eigenvalue weighted by molar-refractivity contribution is 0.881. The van der Waals surface area contributed by atoms with Crippen LogP contribution in [0.1, 0.15) is 11.1 Å². The van der Waals surface area contributed by atoms with Crippen molar-refractivity contribution in [1.29, 1.82) is 0 Å². The third kappa shape index (κ3) is 2.53. The summed E-state index contributed by atoms with van der Waals surface area (Å²) in [6.45, 7) is 4.06. The fourth-order valence-corrected chi connectivity index (χ4v) is 3.06. The minimum Gasteiger partial charge on any atom is -0.247 e. The largest absolute Gasteiger partial charge is 0.247 e. The maximum Gasteiger partial charge on any atom is 0.205 e. The van der Waals surface area contributed by atoms with Crippen molar-refractivity contribution >= 4 is 22.5 Å². The molecule has 2 aromatic heterocycles. The maximum atomic E-state index is 6.24. The molecular formula is C18H14ClN5. The van der Waals surface area contributed by atoms with E-state index in [4.69, 9.17) is 16.6 Å². The number of aromatic amines is 1. The number of halogens is 1. The molecule has 1 N–H and O–H groups in total. The van der Waals surface area contributed by atoms with Gasteiger partial charge in [0.2, 0.25) is 5.82 Å². The van der Waals surface area contributed by atoms with Crippen LogP contribution in [0.5, 0.6) is 0 Å². The number of fused-ring (bicyclic) bond motifs is 1. The minimum atomic E-state index is 0.525. The van der Waals surface area contributed by atoms with Gasteiger partial charge in [0.25, 0.3) is 0 Å². The second-order valence-corrected chi connectivity index (χ2v) is 6.21. The van der Waals surface area contributed by atoms with Crippen molar-refractivity contribution in [2.24, 2.45) is 0 Å². The van der Waals surface area contributed by atoms with E-state index >= 15 is 0 Å². The zero-order chi connectivity index (χ0) is 16.7. The van der Waals surface area contributed by atoms with Gasteiger partial charge >= 0.3 is 0 Å². The van der Waals surface area contributed by atoms with Gasteiger partial charge in [-0.3, -0.25) is 0 Å². The molecule has 0 saturated heterocycles. The van der Waals surface area contributed by atoms with Crippen LogP contribution in [0.15, 0.2) is 42.5 Å². The van der Waals surface area contributed by atoms with Gasteiger partial charge in [0.05, 0.1) is 11.2 Å². The highest BCUT2D eigenvalue weighted by molar-refractivity contribution is 6.31. The van der Waals surface area contributed by atoms with Gasteiger partial charge in [0.15, 0.2) is 0 Å². The monoisotopic (exact) mass is 335 g/mol. The summed E-state index contributed by atoms with van der Waals surface area (Å²) in [5.41, 5.74) is 5.87. The van der Waals surface area contributed by atoms with Gasteiger partial charge in [0, 0.05) is 21.5 Å². The van der Waals surface area contributed by atoms with E-state index in [1.165, 1.54) is 5.56 Å². The topological polar surface area (TPSA) is 67.3 Å². The Morgan fingerprint density at radius 3 is 2.50 bits per heavy atom. The smallest absolute Gasteiger partial charge is 0.205 e. The van der Waals surface area contributed by atoms with Crippen LogP contribution in [0, 0.1) is 13.8 Å². The number of pyridine rings is 1. The fraction of sp³-hybridized carbons (Fsp3) is 0.111. The predicted molar refractivity (Wildman–Crippen MR) is 94.8 cm³/mol. The first-order valence-corrected chi connectivity index (χ1v) is 7.91. The Bertz CT molecular complexity index is 1020. The number of nitrogens with zero attached hydrogens (tertiary/aromatic N) is 4. The van der Waals surface area contributed by atoms with E-state index < -0.39 is 0 Å². The number of rotatable bonds is 2. The number of aromatic nitrogens is 5. The summed E-state index contributed by atoms with van der Waals surface area (Å²) in [6, 6.07) is 14.1. The van der Waals surface area contributed by atoms with Crippen LogP contribution < -0.4 is 0 Å². The van der Waals surface area contributed by atoms with Crippen LogP contribution >= 0.6 is 11.6 Å². The first-order chi connectivity index (χ1) is 11.6. The van der Waals surface area contributed by atoms with E-state index in [0.29, 0.717) is 10.8 Å². The summed E-state index contributed by atoms with van der Waals surface area (Å²) in [6.07, 6.45) is 0. The number of benzene rings is 2. The Hall–Kier alpha value is -2.79. The van der Waals surface area contributed by atoms with Crippen LogP contribution in [0.25, 0.3) is 33.5 Å². The van der Waals surface area contributed by atoms with Crippen molar-refractivity contribution in [3.63, 3.8) is 0 Å². The molecule has 0 fully saturated rings. The summed E-state index contributed by atoms with van der Waals surface area (Å²) in [4.78, 5) is 4.84. The van der Waals surface area contributed by atoms with Crippen molar-refractivity contribution in [1.82, 2.24) is 25.6 Å². The summed E-state index contributed by atoms with van der Waals surface area (Å²) in [5, 5.41) is 16.0. The molecule has 0 amide bonds. The summed E-state index contributed by atoms with van der Waals surface area (Å²) in [5.74, 6) is 0.525. The van der Waals surface area contributed by atoms with Gasteiger partial charge < -0.3 is 0 Å². The van der Waals surface area contributed by atoms with Crippen molar-refractivity contribution in [2.45, 2.75) is 13.8 Å². The molecule has 0 aliphatic rings. The zero-order valence-corrected chi connectivity index (χ0v) is 14.0. The van der Waals surface area contributed by atoms with Crippen LogP contribution in [0.4, 0.5) is 0 Å². The van der Waals surface area contributed by atoms with Crippen molar-refractivity contribution in [3.8, 4) is 22.6 Å². The van der Waals surface area contributed by atoms with E-state index in [1.807, 2.05) is 25.1 Å². The van der Waals surface area contributed by atoms with Crippen molar-refractivity contribution in [3.05, 3.63) is 58.6 Å². The lowest BCUT2D eigenvalue weighted by Crippen LogP contribution is -1.93. The molecule has 0 bridgehead atoms. The van der Waals surface area contributed by atoms with Crippen LogP contribution in [0.3, 0.4) is 0 Å². The molecule has 0 unspecified atom stereocenters. The Morgan fingerprint density at radius 2 is 1.79 bits per heavy atom. The molecule has 0 spiro atoms. The molecule has 0 aliphatic heterocycles. The lowest BCUT2D eigenvalue weighted by atomic mass is 10.0. The van der Waals surface area contributed by atoms with E-state index in [0.717, 1.165) is 33.3 Å². The average Bonchev–Trinajstić information content (AvgIpc) is 3.09. The number of hydrogen-bond acceptors (Lipinski definition) is 4. The molecule has 2 aromatic carbocycles. The predicted octanol–water partition coefficient (Wildman–Crippen LogP) is 4.35. The van der Waals surface area contributed by atoms with Gasteiger partial charge in [0.1, 0.15) is 0 Å². The molecule has 118 valence electrons. The van der Waals surface area contributed by atoms with Crippen LogP contribution in [-0.2, 0) is 0 Å². The number of hydrogen-bond donors (Lipinski definition) is 1. The van der Waals surface area contributed by atoms with Gasteiger partial charge in [-0.15, -0.1) is 10.2 Å². The number of tetrazole rings is 1. The number of aryl methyl sites for hydroxylation is 2. The Kier molecular flexibility index (Phi) is 3.50. The Labute approximate surface area is 143 Å². The minimum absolute atomic E-state index is 0.525. The van der Waals surface area contributed by atoms with Crippen molar-refractivity contribution in [2.75, 3.05) is 0 Å². The molecular weight excluding hydrogens is 322 g/mol. The number of nitrogens with one attached hydrogen (secondary N) is 1. The van der Waals surface area contributed by atoms with Gasteiger partial charge in [-0.2, -0.15) is 5.21 Å². The molecule has 4 rings (SSSR count). The first-order valence-electron chi connectivity index (χ1n) is 7.53. The zero-order valence-electron chi connectivity index (χ0n) is 13.2. The van der Waals surface area contributed by atoms with E-state index in [1.54, 1.807) is 0 Å². The molecule has 0 saturated carbocycles. The van der Waals surface area contributed by atoms with Crippen LogP contribution in [0.2, 0.25) is 5.02 Å². The summed E-state index contributed by atoms with van der Waals surface area (Å²) < 4.78 is 0. The second-order valence-electron chi connectivity index (χ2n) is 5.78. The lowest BCUT2D eigenvalue weighted by Gasteiger charge is -2.10. The summed E-state index contributed by atoms with van der Waals surface area (Å²) >= 11 is 6.24.